The summed E-state index contributed by atoms with van der Waals surface area (Å²) in [5.41, 5.74) is 2.09. The van der Waals surface area contributed by atoms with Crippen LogP contribution in [0.15, 0.2) is 34.3 Å². The smallest absolute Gasteiger partial charge is 0.335 e. The quantitative estimate of drug-likeness (QED) is 0.758. The van der Waals surface area contributed by atoms with Crippen molar-refractivity contribution in [2.24, 2.45) is 9.98 Å². The predicted molar refractivity (Wildman–Crippen MR) is 53.3 cm³/mol. The van der Waals surface area contributed by atoms with Crippen molar-refractivity contribution in [1.82, 2.24) is 0 Å². The van der Waals surface area contributed by atoms with Crippen molar-refractivity contribution in [1.29, 1.82) is 0 Å². The van der Waals surface area contributed by atoms with Crippen LogP contribution < -0.4 is 0 Å². The van der Waals surface area contributed by atoms with Crippen molar-refractivity contribution in [2.45, 2.75) is 0 Å². The van der Waals surface area contributed by atoms with E-state index in [-0.39, 0.29) is 5.56 Å². The van der Waals surface area contributed by atoms with Gasteiger partial charge in [-0.15, -0.1) is 0 Å². The minimum Gasteiger partial charge on any atom is -0.478 e. The van der Waals surface area contributed by atoms with Gasteiger partial charge in [-0.05, 0) is 17.7 Å². The van der Waals surface area contributed by atoms with Gasteiger partial charge in [-0.25, -0.2) is 9.79 Å². The molecule has 1 aromatic carbocycles. The van der Waals surface area contributed by atoms with Crippen LogP contribution in [0.5, 0.6) is 0 Å². The Labute approximate surface area is 80.6 Å². The second-order valence-corrected chi connectivity index (χ2v) is 2.91. The minimum atomic E-state index is -0.916. The number of hydrogen-bond donors (Lipinski definition) is 1. The molecule has 0 amide bonds. The van der Waals surface area contributed by atoms with Crippen molar-refractivity contribution in [3.8, 4) is 0 Å². The maximum Gasteiger partial charge on any atom is 0.335 e. The van der Waals surface area contributed by atoms with Gasteiger partial charge in [-0.3, -0.25) is 4.99 Å². The lowest BCUT2D eigenvalue weighted by atomic mass is 10.1. The molecule has 4 nitrogen and oxygen atoms in total. The maximum atomic E-state index is 10.6. The van der Waals surface area contributed by atoms with Crippen molar-refractivity contribution in [3.05, 3.63) is 35.4 Å². The van der Waals surface area contributed by atoms with Gasteiger partial charge >= 0.3 is 5.97 Å². The molecule has 4 heteroatoms. The Morgan fingerprint density at radius 1 is 1.29 bits per heavy atom. The van der Waals surface area contributed by atoms with E-state index in [4.69, 9.17) is 5.11 Å². The van der Waals surface area contributed by atoms with Gasteiger partial charge in [0.15, 0.2) is 0 Å². The third-order valence-corrected chi connectivity index (χ3v) is 2.00. The monoisotopic (exact) mass is 188 g/mol. The van der Waals surface area contributed by atoms with E-state index in [1.165, 1.54) is 6.34 Å². The molecule has 1 aliphatic heterocycles. The molecular formula is C10H8N2O2. The highest BCUT2D eigenvalue weighted by Gasteiger charge is 2.07. The van der Waals surface area contributed by atoms with Crippen molar-refractivity contribution in [3.63, 3.8) is 0 Å². The zero-order valence-corrected chi connectivity index (χ0v) is 7.34. The summed E-state index contributed by atoms with van der Waals surface area (Å²) in [5, 5.41) is 8.69. The van der Waals surface area contributed by atoms with Crippen molar-refractivity contribution < 1.29 is 9.90 Å². The highest BCUT2D eigenvalue weighted by molar-refractivity contribution is 6.08. The van der Waals surface area contributed by atoms with Crippen LogP contribution in [0.4, 0.5) is 0 Å². The van der Waals surface area contributed by atoms with Crippen LogP contribution in [-0.2, 0) is 0 Å². The summed E-state index contributed by atoms with van der Waals surface area (Å²) >= 11 is 0. The number of aromatic carboxylic acids is 1. The van der Waals surface area contributed by atoms with Crippen LogP contribution in [0, 0.1) is 0 Å². The van der Waals surface area contributed by atoms with Crippen LogP contribution >= 0.6 is 0 Å². The maximum absolute atomic E-state index is 10.6. The van der Waals surface area contributed by atoms with Crippen LogP contribution in [0.25, 0.3) is 0 Å². The van der Waals surface area contributed by atoms with E-state index in [0.29, 0.717) is 6.54 Å². The lowest BCUT2D eigenvalue weighted by Gasteiger charge is -1.99. The van der Waals surface area contributed by atoms with E-state index in [9.17, 15) is 4.79 Å². The summed E-state index contributed by atoms with van der Waals surface area (Å²) < 4.78 is 0. The SMILES string of the molecule is O=C(O)c1ccc(C2=NC=NC2)cc1. The minimum absolute atomic E-state index is 0.285. The topological polar surface area (TPSA) is 62.0 Å². The molecule has 0 radical (unpaired) electrons. The summed E-state index contributed by atoms with van der Waals surface area (Å²) in [7, 11) is 0. The summed E-state index contributed by atoms with van der Waals surface area (Å²) in [6, 6.07) is 6.63. The molecule has 0 saturated heterocycles. The molecular weight excluding hydrogens is 180 g/mol. The second-order valence-electron chi connectivity index (χ2n) is 2.91. The van der Waals surface area contributed by atoms with Gasteiger partial charge in [-0.2, -0.15) is 0 Å². The van der Waals surface area contributed by atoms with Crippen LogP contribution in [0.3, 0.4) is 0 Å². The number of aliphatic imine (C=N–C) groups is 2. The Hall–Kier alpha value is -1.97. The molecule has 0 fully saturated rings. The number of hydrogen-bond acceptors (Lipinski definition) is 3. The van der Waals surface area contributed by atoms with Crippen molar-refractivity contribution >= 4 is 18.0 Å². The molecule has 0 atom stereocenters. The zero-order valence-electron chi connectivity index (χ0n) is 7.34. The Balaban J connectivity index is 2.26. The van der Waals surface area contributed by atoms with E-state index in [1.807, 2.05) is 0 Å². The Kier molecular flexibility index (Phi) is 2.10. The third kappa shape index (κ3) is 1.54. The van der Waals surface area contributed by atoms with Gasteiger partial charge in [0, 0.05) is 0 Å². The van der Waals surface area contributed by atoms with Crippen LogP contribution in [0.2, 0.25) is 0 Å². The van der Waals surface area contributed by atoms with Gasteiger partial charge in [-0.1, -0.05) is 12.1 Å². The second kappa shape index (κ2) is 3.41. The molecule has 0 bridgehead atoms. The molecule has 14 heavy (non-hydrogen) atoms. The van der Waals surface area contributed by atoms with Crippen LogP contribution in [-0.4, -0.2) is 29.7 Å². The summed E-state index contributed by atoms with van der Waals surface area (Å²) in [4.78, 5) is 18.6. The van der Waals surface area contributed by atoms with Gasteiger partial charge in [0.25, 0.3) is 0 Å². The molecule has 0 aromatic heterocycles. The van der Waals surface area contributed by atoms with E-state index in [1.54, 1.807) is 24.3 Å². The van der Waals surface area contributed by atoms with Gasteiger partial charge < -0.3 is 5.11 Å². The number of carbonyl (C=O) groups is 1. The largest absolute Gasteiger partial charge is 0.478 e. The van der Waals surface area contributed by atoms with E-state index in [0.717, 1.165) is 11.3 Å². The van der Waals surface area contributed by atoms with Gasteiger partial charge in [0.1, 0.15) is 6.34 Å². The first-order valence-corrected chi connectivity index (χ1v) is 4.16. The molecule has 1 N–H and O–H groups in total. The first-order valence-electron chi connectivity index (χ1n) is 4.16. The number of rotatable bonds is 2. The van der Waals surface area contributed by atoms with E-state index < -0.39 is 5.97 Å². The number of benzene rings is 1. The highest BCUT2D eigenvalue weighted by atomic mass is 16.4. The number of carboxylic acid groups (broad SMARTS) is 1. The van der Waals surface area contributed by atoms with E-state index in [2.05, 4.69) is 9.98 Å². The summed E-state index contributed by atoms with van der Waals surface area (Å²) in [6.45, 7) is 0.576. The molecule has 1 heterocycles. The Morgan fingerprint density at radius 2 is 2.00 bits per heavy atom. The zero-order chi connectivity index (χ0) is 9.97. The molecule has 0 aliphatic carbocycles. The van der Waals surface area contributed by atoms with E-state index >= 15 is 0 Å². The van der Waals surface area contributed by atoms with Crippen molar-refractivity contribution in [2.75, 3.05) is 6.54 Å². The third-order valence-electron chi connectivity index (χ3n) is 2.00. The lowest BCUT2D eigenvalue weighted by molar-refractivity contribution is 0.0697. The standard InChI is InChI=1S/C10H8N2O2/c13-10(14)8-3-1-7(2-4-8)9-5-11-6-12-9/h1-4,6H,5H2,(H,13,14). The molecule has 1 aliphatic rings. The number of carboxylic acids is 1. The number of nitrogens with zero attached hydrogens (tertiary/aromatic N) is 2. The highest BCUT2D eigenvalue weighted by Crippen LogP contribution is 2.07. The molecule has 0 saturated carbocycles. The van der Waals surface area contributed by atoms with Gasteiger partial charge in [0.05, 0.1) is 17.8 Å². The normalized spacial score (nSPS) is 14.1. The lowest BCUT2D eigenvalue weighted by Crippen LogP contribution is -2.03. The Bertz CT molecular complexity index is 418. The molecule has 1 aromatic rings. The molecule has 0 unspecified atom stereocenters. The fraction of sp³-hybridized carbons (Fsp3) is 0.100. The van der Waals surface area contributed by atoms with Crippen LogP contribution in [0.1, 0.15) is 15.9 Å². The summed E-state index contributed by atoms with van der Waals surface area (Å²) in [6.07, 6.45) is 1.51. The molecule has 70 valence electrons. The van der Waals surface area contributed by atoms with Gasteiger partial charge in [0.2, 0.25) is 0 Å². The fourth-order valence-corrected chi connectivity index (χ4v) is 1.25. The first-order chi connectivity index (χ1) is 6.77. The predicted octanol–water partition coefficient (Wildman–Crippen LogP) is 1.22. The Morgan fingerprint density at radius 3 is 2.50 bits per heavy atom. The average Bonchev–Trinajstić information content (AvgIpc) is 2.71. The molecule has 2 rings (SSSR count). The molecule has 0 spiro atoms. The average molecular weight is 188 g/mol. The fourth-order valence-electron chi connectivity index (χ4n) is 1.25. The first kappa shape index (κ1) is 8.62. The summed E-state index contributed by atoms with van der Waals surface area (Å²) in [5.74, 6) is -0.916.